The van der Waals surface area contributed by atoms with Crippen molar-refractivity contribution < 1.29 is 14.6 Å². The molecule has 2 amide bonds. The lowest BCUT2D eigenvalue weighted by Crippen LogP contribution is -2.38. The van der Waals surface area contributed by atoms with Gasteiger partial charge in [-0.2, -0.15) is 0 Å². The molecular formula is C18H22N2O3. The smallest absolute Gasteiger partial charge is 0.315 e. The van der Waals surface area contributed by atoms with E-state index >= 15 is 0 Å². The summed E-state index contributed by atoms with van der Waals surface area (Å²) in [7, 11) is 1.66. The zero-order valence-corrected chi connectivity index (χ0v) is 13.2. The number of nitrogens with one attached hydrogen (secondary N) is 2. The molecule has 5 heteroatoms. The predicted octanol–water partition coefficient (Wildman–Crippen LogP) is 2.37. The van der Waals surface area contributed by atoms with Crippen molar-refractivity contribution >= 4 is 6.03 Å². The van der Waals surface area contributed by atoms with Crippen molar-refractivity contribution in [2.45, 2.75) is 19.2 Å². The Morgan fingerprint density at radius 3 is 2.35 bits per heavy atom. The maximum absolute atomic E-state index is 12.0. The summed E-state index contributed by atoms with van der Waals surface area (Å²) in [5.41, 5.74) is 2.96. The Kier molecular flexibility index (Phi) is 6.59. The van der Waals surface area contributed by atoms with Gasteiger partial charge < -0.3 is 20.5 Å². The molecule has 0 saturated carbocycles. The highest BCUT2D eigenvalue weighted by atomic mass is 16.5. The van der Waals surface area contributed by atoms with Crippen molar-refractivity contribution in [2.75, 3.05) is 13.7 Å². The van der Waals surface area contributed by atoms with Gasteiger partial charge in [-0.25, -0.2) is 4.79 Å². The van der Waals surface area contributed by atoms with Crippen LogP contribution in [0.2, 0.25) is 0 Å². The number of urea groups is 1. The van der Waals surface area contributed by atoms with Gasteiger partial charge >= 0.3 is 6.03 Å². The normalized spacial score (nSPS) is 11.7. The molecule has 0 radical (unpaired) electrons. The molecule has 2 rings (SSSR count). The Hall–Kier alpha value is -2.37. The maximum Gasteiger partial charge on any atom is 0.315 e. The second-order valence-electron chi connectivity index (χ2n) is 5.22. The first-order valence-corrected chi connectivity index (χ1v) is 7.50. The Labute approximate surface area is 136 Å². The number of rotatable bonds is 7. The van der Waals surface area contributed by atoms with Crippen LogP contribution in [0.25, 0.3) is 0 Å². The molecule has 23 heavy (non-hydrogen) atoms. The van der Waals surface area contributed by atoms with Crippen LogP contribution in [-0.4, -0.2) is 24.9 Å². The summed E-state index contributed by atoms with van der Waals surface area (Å²) in [4.78, 5) is 12.0. The summed E-state index contributed by atoms with van der Waals surface area (Å²) in [5, 5.41) is 15.0. The number of carbonyl (C=O) groups is 1. The van der Waals surface area contributed by atoms with Crippen molar-refractivity contribution in [1.82, 2.24) is 10.6 Å². The summed E-state index contributed by atoms with van der Waals surface area (Å²) >= 11 is 0. The Morgan fingerprint density at radius 2 is 1.74 bits per heavy atom. The van der Waals surface area contributed by atoms with Gasteiger partial charge in [0.05, 0.1) is 19.3 Å². The van der Waals surface area contributed by atoms with E-state index in [-0.39, 0.29) is 12.6 Å². The maximum atomic E-state index is 12.0. The predicted molar refractivity (Wildman–Crippen MR) is 88.8 cm³/mol. The SMILES string of the molecule is COCc1ccc(CNC(=O)NC(CO)c2ccccc2)cc1. The number of methoxy groups -OCH3 is 1. The van der Waals surface area contributed by atoms with E-state index in [1.165, 1.54) is 0 Å². The van der Waals surface area contributed by atoms with Gasteiger partial charge in [0.25, 0.3) is 0 Å². The van der Waals surface area contributed by atoms with Gasteiger partial charge in [-0.1, -0.05) is 54.6 Å². The summed E-state index contributed by atoms with van der Waals surface area (Å²) in [6, 6.07) is 16.5. The fourth-order valence-electron chi connectivity index (χ4n) is 2.23. The molecule has 0 heterocycles. The number of ether oxygens (including phenoxy) is 1. The van der Waals surface area contributed by atoms with E-state index in [1.807, 2.05) is 54.6 Å². The third kappa shape index (κ3) is 5.39. The molecule has 122 valence electrons. The highest BCUT2D eigenvalue weighted by molar-refractivity contribution is 5.74. The van der Waals surface area contributed by atoms with Crippen molar-refractivity contribution in [3.8, 4) is 0 Å². The van der Waals surface area contributed by atoms with E-state index in [1.54, 1.807) is 7.11 Å². The Balaban J connectivity index is 1.84. The summed E-state index contributed by atoms with van der Waals surface area (Å²) in [5.74, 6) is 0. The molecule has 1 atom stereocenters. The molecule has 0 aliphatic carbocycles. The molecule has 0 bridgehead atoms. The molecule has 3 N–H and O–H groups in total. The summed E-state index contributed by atoms with van der Waals surface area (Å²) in [6.45, 7) is 0.846. The van der Waals surface area contributed by atoms with E-state index in [9.17, 15) is 9.90 Å². The van der Waals surface area contributed by atoms with Crippen LogP contribution in [-0.2, 0) is 17.9 Å². The summed E-state index contributed by atoms with van der Waals surface area (Å²) in [6.07, 6.45) is 0. The minimum Gasteiger partial charge on any atom is -0.394 e. The van der Waals surface area contributed by atoms with Gasteiger partial charge in [-0.05, 0) is 16.7 Å². The number of hydrogen-bond donors (Lipinski definition) is 3. The van der Waals surface area contributed by atoms with Crippen LogP contribution in [0.4, 0.5) is 4.79 Å². The van der Waals surface area contributed by atoms with Crippen LogP contribution in [0.3, 0.4) is 0 Å². The average Bonchev–Trinajstić information content (AvgIpc) is 2.60. The topological polar surface area (TPSA) is 70.6 Å². The lowest BCUT2D eigenvalue weighted by molar-refractivity contribution is 0.185. The second-order valence-corrected chi connectivity index (χ2v) is 5.22. The second kappa shape index (κ2) is 8.92. The molecule has 2 aromatic rings. The van der Waals surface area contributed by atoms with Gasteiger partial charge in [0.2, 0.25) is 0 Å². The molecule has 5 nitrogen and oxygen atoms in total. The molecule has 0 fully saturated rings. The minimum atomic E-state index is -0.416. The van der Waals surface area contributed by atoms with E-state index < -0.39 is 6.04 Å². The molecule has 0 spiro atoms. The fourth-order valence-corrected chi connectivity index (χ4v) is 2.23. The lowest BCUT2D eigenvalue weighted by atomic mass is 10.1. The molecule has 0 aliphatic rings. The van der Waals surface area contributed by atoms with Crippen LogP contribution in [0.5, 0.6) is 0 Å². The minimum absolute atomic E-state index is 0.150. The zero-order chi connectivity index (χ0) is 16.5. The first kappa shape index (κ1) is 17.0. The van der Waals surface area contributed by atoms with E-state index in [0.29, 0.717) is 13.2 Å². The van der Waals surface area contributed by atoms with E-state index in [0.717, 1.165) is 16.7 Å². The number of amides is 2. The molecular weight excluding hydrogens is 292 g/mol. The molecule has 0 aromatic heterocycles. The molecule has 0 saturated heterocycles. The van der Waals surface area contributed by atoms with Gasteiger partial charge in [0, 0.05) is 13.7 Å². The van der Waals surface area contributed by atoms with Crippen molar-refractivity contribution in [3.05, 3.63) is 71.3 Å². The van der Waals surface area contributed by atoms with Gasteiger partial charge in [0.1, 0.15) is 0 Å². The average molecular weight is 314 g/mol. The first-order valence-electron chi connectivity index (χ1n) is 7.50. The van der Waals surface area contributed by atoms with Crippen molar-refractivity contribution in [2.24, 2.45) is 0 Å². The van der Waals surface area contributed by atoms with Crippen LogP contribution < -0.4 is 10.6 Å². The summed E-state index contributed by atoms with van der Waals surface area (Å²) < 4.78 is 5.06. The quantitative estimate of drug-likeness (QED) is 0.735. The highest BCUT2D eigenvalue weighted by Gasteiger charge is 2.12. The van der Waals surface area contributed by atoms with Gasteiger partial charge in [-0.3, -0.25) is 0 Å². The third-order valence-corrected chi connectivity index (χ3v) is 3.48. The van der Waals surface area contributed by atoms with Crippen LogP contribution >= 0.6 is 0 Å². The third-order valence-electron chi connectivity index (χ3n) is 3.48. The molecule has 1 unspecified atom stereocenters. The van der Waals surface area contributed by atoms with Crippen LogP contribution in [0.15, 0.2) is 54.6 Å². The van der Waals surface area contributed by atoms with Gasteiger partial charge in [-0.15, -0.1) is 0 Å². The van der Waals surface area contributed by atoms with E-state index in [2.05, 4.69) is 10.6 Å². The Bertz CT molecular complexity index is 599. The molecule has 0 aliphatic heterocycles. The number of aliphatic hydroxyl groups excluding tert-OH is 1. The largest absolute Gasteiger partial charge is 0.394 e. The zero-order valence-electron chi connectivity index (χ0n) is 13.2. The van der Waals surface area contributed by atoms with Crippen molar-refractivity contribution in [3.63, 3.8) is 0 Å². The fraction of sp³-hybridized carbons (Fsp3) is 0.278. The van der Waals surface area contributed by atoms with Crippen LogP contribution in [0.1, 0.15) is 22.7 Å². The standard InChI is InChI=1S/C18H22N2O3/c1-23-13-15-9-7-14(8-10-15)11-19-18(22)20-17(12-21)16-5-3-2-4-6-16/h2-10,17,21H,11-13H2,1H3,(H2,19,20,22). The van der Waals surface area contributed by atoms with E-state index in [4.69, 9.17) is 4.74 Å². The highest BCUT2D eigenvalue weighted by Crippen LogP contribution is 2.11. The van der Waals surface area contributed by atoms with Gasteiger partial charge in [0.15, 0.2) is 0 Å². The monoisotopic (exact) mass is 314 g/mol. The number of hydrogen-bond acceptors (Lipinski definition) is 3. The van der Waals surface area contributed by atoms with Crippen molar-refractivity contribution in [1.29, 1.82) is 0 Å². The van der Waals surface area contributed by atoms with Crippen LogP contribution in [0, 0.1) is 0 Å². The lowest BCUT2D eigenvalue weighted by Gasteiger charge is -2.17. The molecule has 2 aromatic carbocycles. The number of benzene rings is 2. The number of aliphatic hydroxyl groups is 1. The Morgan fingerprint density at radius 1 is 1.09 bits per heavy atom. The number of carbonyl (C=O) groups excluding carboxylic acids is 1. The first-order chi connectivity index (χ1) is 11.2.